The second-order valence-corrected chi connectivity index (χ2v) is 10.5. The number of esters is 1. The molecular weight excluding hydrogens is 594 g/mol. The number of hydrogen-bond donors (Lipinski definition) is 2. The Kier molecular flexibility index (Phi) is 10.6. The van der Waals surface area contributed by atoms with Gasteiger partial charge < -0.3 is 29.0 Å². The third kappa shape index (κ3) is 7.63. The first-order valence-electron chi connectivity index (χ1n) is 12.8. The number of pyridine rings is 1. The second kappa shape index (κ2) is 14.5. The van der Waals surface area contributed by atoms with Crippen LogP contribution >= 0.6 is 23.4 Å². The highest BCUT2D eigenvalue weighted by atomic mass is 35.5. The molecule has 4 aromatic rings. The van der Waals surface area contributed by atoms with E-state index in [-0.39, 0.29) is 30.1 Å². The molecule has 0 aliphatic heterocycles. The summed E-state index contributed by atoms with van der Waals surface area (Å²) >= 11 is 7.21. The lowest BCUT2D eigenvalue weighted by Crippen LogP contribution is -2.28. The molecule has 0 radical (unpaired) electrons. The first-order chi connectivity index (χ1) is 20.8. The molecule has 0 bridgehead atoms. The smallest absolute Gasteiger partial charge is 0.325 e. The first-order valence-corrected chi connectivity index (χ1v) is 14.2. The maximum atomic E-state index is 12.1. The number of anilines is 1. The van der Waals surface area contributed by atoms with Gasteiger partial charge in [0.25, 0.3) is 0 Å². The molecule has 0 unspecified atom stereocenters. The van der Waals surface area contributed by atoms with Crippen LogP contribution in [0.1, 0.15) is 16.8 Å². The Morgan fingerprint density at radius 2 is 1.77 bits per heavy atom. The highest BCUT2D eigenvalue weighted by Crippen LogP contribution is 2.39. The Hall–Kier alpha value is -4.59. The summed E-state index contributed by atoms with van der Waals surface area (Å²) in [6.07, 6.45) is 0.485. The number of carbonyl (C=O) groups is 1. The molecule has 2 N–H and O–H groups in total. The molecule has 0 saturated heterocycles. The van der Waals surface area contributed by atoms with Crippen molar-refractivity contribution in [2.45, 2.75) is 16.9 Å². The van der Waals surface area contributed by atoms with Gasteiger partial charge in [-0.2, -0.15) is 10.5 Å². The number of methoxy groups -OCH3 is 1. The first kappa shape index (κ1) is 31.3. The number of aromatic nitrogens is 2. The number of carbonyl (C=O) groups excluding carboxylic acids is 1. The van der Waals surface area contributed by atoms with Gasteiger partial charge in [0.15, 0.2) is 0 Å². The molecule has 2 heterocycles. The van der Waals surface area contributed by atoms with E-state index in [0.717, 1.165) is 5.56 Å². The average molecular weight is 620 g/mol. The predicted octanol–water partition coefficient (Wildman–Crippen LogP) is 4.43. The van der Waals surface area contributed by atoms with Crippen molar-refractivity contribution >= 4 is 35.1 Å². The van der Waals surface area contributed by atoms with Gasteiger partial charge in [-0.3, -0.25) is 4.79 Å². The largest absolute Gasteiger partial charge is 0.491 e. The second-order valence-electron chi connectivity index (χ2n) is 9.13. The number of ether oxygens (including phenoxy) is 2. The van der Waals surface area contributed by atoms with Crippen LogP contribution in [0, 0.1) is 22.7 Å². The normalized spacial score (nSPS) is 11.3. The van der Waals surface area contributed by atoms with Crippen LogP contribution in [-0.4, -0.2) is 66.2 Å². The van der Waals surface area contributed by atoms with E-state index >= 15 is 0 Å². The molecule has 0 spiro atoms. The maximum Gasteiger partial charge on any atom is 0.325 e. The van der Waals surface area contributed by atoms with Crippen LogP contribution in [0.2, 0.25) is 5.02 Å². The molecule has 0 amide bonds. The fraction of sp³-hybridized carbons (Fsp3) is 0.233. The van der Waals surface area contributed by atoms with Crippen LogP contribution in [0.25, 0.3) is 22.6 Å². The van der Waals surface area contributed by atoms with Crippen molar-refractivity contribution in [1.82, 2.24) is 9.97 Å². The highest BCUT2D eigenvalue weighted by Gasteiger charge is 2.25. The van der Waals surface area contributed by atoms with E-state index in [0.29, 0.717) is 44.3 Å². The number of likely N-dealkylation sites (N-methyl/N-ethyl adjacent to an activating group) is 1. The van der Waals surface area contributed by atoms with Crippen LogP contribution in [0.5, 0.6) is 5.75 Å². The molecule has 0 aliphatic rings. The number of halogens is 1. The molecule has 13 heteroatoms. The lowest BCUT2D eigenvalue weighted by atomic mass is 9.96. The van der Waals surface area contributed by atoms with Crippen molar-refractivity contribution in [3.8, 4) is 40.5 Å². The van der Waals surface area contributed by atoms with Gasteiger partial charge in [-0.1, -0.05) is 35.5 Å². The number of aliphatic hydroxyl groups is 2. The Labute approximate surface area is 256 Å². The van der Waals surface area contributed by atoms with E-state index in [2.05, 4.69) is 22.1 Å². The molecule has 0 saturated carbocycles. The Morgan fingerprint density at radius 1 is 1.09 bits per heavy atom. The van der Waals surface area contributed by atoms with E-state index in [9.17, 15) is 20.4 Å². The SMILES string of the molecule is COC(=O)CN(C)c1nc(SCc2coc(-c3ccc(Cl)cc3)n2)c(C#N)c(-c2ccc(OC[C@@H](O)CO)cc2)c1C#N. The Balaban J connectivity index is 1.72. The zero-order valence-electron chi connectivity index (χ0n) is 23.2. The fourth-order valence-electron chi connectivity index (χ4n) is 3.97. The van der Waals surface area contributed by atoms with E-state index in [1.165, 1.54) is 30.0 Å². The summed E-state index contributed by atoms with van der Waals surface area (Å²) in [5, 5.41) is 40.0. The number of rotatable bonds is 12. The zero-order valence-corrected chi connectivity index (χ0v) is 24.7. The van der Waals surface area contributed by atoms with Gasteiger partial charge in [-0.05, 0) is 42.0 Å². The third-order valence-electron chi connectivity index (χ3n) is 6.12. The lowest BCUT2D eigenvalue weighted by Gasteiger charge is -2.22. The molecule has 4 rings (SSSR count). The minimum absolute atomic E-state index is 0.100. The molecular formula is C30H26ClN5O6S. The van der Waals surface area contributed by atoms with Crippen molar-refractivity contribution in [3.63, 3.8) is 0 Å². The van der Waals surface area contributed by atoms with Crippen molar-refractivity contribution in [2.24, 2.45) is 0 Å². The number of benzene rings is 2. The zero-order chi connectivity index (χ0) is 30.9. The van der Waals surface area contributed by atoms with E-state index < -0.39 is 18.7 Å². The van der Waals surface area contributed by atoms with E-state index in [1.807, 2.05) is 0 Å². The standard InChI is InChI=1S/C30H26ClN5O6S/c1-36(13-26(39)40-2)28-24(11-32)27(18-5-9-23(10-6-18)41-16-22(38)14-37)25(12-33)30(35-28)43-17-21-15-42-29(34-21)19-3-7-20(31)8-4-19/h3-10,15,22,37-38H,13-14,16-17H2,1-2H3/t22-/m0/s1. The highest BCUT2D eigenvalue weighted by molar-refractivity contribution is 7.98. The summed E-state index contributed by atoms with van der Waals surface area (Å²) in [6, 6.07) is 18.0. The number of nitriles is 2. The topological polar surface area (TPSA) is 166 Å². The van der Waals surface area contributed by atoms with E-state index in [1.54, 1.807) is 55.6 Å². The molecule has 0 aliphatic carbocycles. The quantitative estimate of drug-likeness (QED) is 0.169. The summed E-state index contributed by atoms with van der Waals surface area (Å²) < 4.78 is 15.9. The monoisotopic (exact) mass is 619 g/mol. The molecule has 2 aromatic heterocycles. The minimum Gasteiger partial charge on any atom is -0.491 e. The van der Waals surface area contributed by atoms with Gasteiger partial charge in [-0.25, -0.2) is 9.97 Å². The fourth-order valence-corrected chi connectivity index (χ4v) is 4.95. The van der Waals surface area contributed by atoms with Gasteiger partial charge in [0.2, 0.25) is 5.89 Å². The summed E-state index contributed by atoms with van der Waals surface area (Å²) in [6.45, 7) is -0.727. The van der Waals surface area contributed by atoms with Gasteiger partial charge >= 0.3 is 5.97 Å². The van der Waals surface area contributed by atoms with E-state index in [4.69, 9.17) is 30.6 Å². The molecule has 43 heavy (non-hydrogen) atoms. The number of oxazole rings is 1. The average Bonchev–Trinajstić information content (AvgIpc) is 3.51. The van der Waals surface area contributed by atoms with Gasteiger partial charge in [-0.15, -0.1) is 0 Å². The summed E-state index contributed by atoms with van der Waals surface area (Å²) in [4.78, 5) is 22.7. The molecule has 2 aromatic carbocycles. The van der Waals surface area contributed by atoms with Crippen LogP contribution in [0.3, 0.4) is 0 Å². The van der Waals surface area contributed by atoms with Crippen LogP contribution < -0.4 is 9.64 Å². The number of thioether (sulfide) groups is 1. The molecule has 220 valence electrons. The van der Waals surface area contributed by atoms with Crippen LogP contribution in [0.4, 0.5) is 5.82 Å². The molecule has 11 nitrogen and oxygen atoms in total. The van der Waals surface area contributed by atoms with Crippen molar-refractivity contribution in [3.05, 3.63) is 76.6 Å². The lowest BCUT2D eigenvalue weighted by molar-refractivity contribution is -0.138. The van der Waals surface area contributed by atoms with Crippen molar-refractivity contribution < 1.29 is 28.9 Å². The molecule has 0 fully saturated rings. The van der Waals surface area contributed by atoms with Gasteiger partial charge in [0, 0.05) is 29.0 Å². The summed E-state index contributed by atoms with van der Waals surface area (Å²) in [5.74, 6) is 0.788. The van der Waals surface area contributed by atoms with Crippen molar-refractivity contribution in [1.29, 1.82) is 10.5 Å². The van der Waals surface area contributed by atoms with Crippen molar-refractivity contribution in [2.75, 3.05) is 38.8 Å². The number of nitrogens with zero attached hydrogens (tertiary/aromatic N) is 5. The minimum atomic E-state index is -1.03. The Bertz CT molecular complexity index is 1660. The summed E-state index contributed by atoms with van der Waals surface area (Å²) in [5.41, 5.74) is 2.49. The predicted molar refractivity (Wildman–Crippen MR) is 159 cm³/mol. The van der Waals surface area contributed by atoms with Gasteiger partial charge in [0.05, 0.1) is 25.0 Å². The van der Waals surface area contributed by atoms with Crippen LogP contribution in [0.15, 0.2) is 64.2 Å². The van der Waals surface area contributed by atoms with Gasteiger partial charge in [0.1, 0.15) is 59.8 Å². The Morgan fingerprint density at radius 3 is 2.40 bits per heavy atom. The summed E-state index contributed by atoms with van der Waals surface area (Å²) in [7, 11) is 2.86. The van der Waals surface area contributed by atoms with Crippen LogP contribution in [-0.2, 0) is 15.3 Å². The third-order valence-corrected chi connectivity index (χ3v) is 7.38. The number of aliphatic hydroxyl groups excluding tert-OH is 2. The maximum absolute atomic E-state index is 12.1. The molecule has 1 atom stereocenters. The number of hydrogen-bond acceptors (Lipinski definition) is 12.